The molecule has 1 N–H and O–H groups in total. The van der Waals surface area contributed by atoms with Crippen LogP contribution in [0.2, 0.25) is 0 Å². The van der Waals surface area contributed by atoms with Crippen molar-refractivity contribution in [2.75, 3.05) is 0 Å². The summed E-state index contributed by atoms with van der Waals surface area (Å²) in [6.07, 6.45) is 6.45. The van der Waals surface area contributed by atoms with Gasteiger partial charge in [-0.1, -0.05) is 110 Å². The molecular formula is C26H42O2. The zero-order valence-corrected chi connectivity index (χ0v) is 19.0. The van der Waals surface area contributed by atoms with Crippen molar-refractivity contribution in [2.45, 2.75) is 92.3 Å². The van der Waals surface area contributed by atoms with Crippen LogP contribution >= 0.6 is 0 Å². The summed E-state index contributed by atoms with van der Waals surface area (Å²) in [5.74, 6) is 0.852. The lowest BCUT2D eigenvalue weighted by Gasteiger charge is -2.27. The van der Waals surface area contributed by atoms with Gasteiger partial charge in [-0.2, -0.15) is 0 Å². The molecule has 28 heavy (non-hydrogen) atoms. The molecule has 3 rings (SSSR count). The van der Waals surface area contributed by atoms with E-state index < -0.39 is 5.60 Å². The van der Waals surface area contributed by atoms with Crippen molar-refractivity contribution in [1.29, 1.82) is 0 Å². The van der Waals surface area contributed by atoms with Crippen molar-refractivity contribution in [3.05, 3.63) is 65.7 Å². The van der Waals surface area contributed by atoms with Gasteiger partial charge in [0.2, 0.25) is 0 Å². The summed E-state index contributed by atoms with van der Waals surface area (Å²) >= 11 is 0. The highest BCUT2D eigenvalue weighted by atomic mass is 16.5. The molecule has 2 aromatic carbocycles. The van der Waals surface area contributed by atoms with Crippen molar-refractivity contribution in [2.24, 2.45) is 0 Å². The first-order chi connectivity index (χ1) is 13.8. The van der Waals surface area contributed by atoms with Crippen molar-refractivity contribution < 1.29 is 9.84 Å². The molecule has 158 valence electrons. The normalized spacial score (nSPS) is 14.5. The smallest absolute Gasteiger partial charge is 0.119 e. The standard InChI is InChI=1S/C20H24O2.3C2H6/c21-20(14-6-1-2-7-15-20)18-10-12-19(13-11-18)22-16-17-8-4-3-5-9-17;3*1-2/h3-5,8-13,21H,1-2,6-7,14-16H2;3*1-2H3. The zero-order valence-electron chi connectivity index (χ0n) is 19.0. The molecule has 2 aromatic rings. The van der Waals surface area contributed by atoms with Crippen molar-refractivity contribution in [3.63, 3.8) is 0 Å². The van der Waals surface area contributed by atoms with Crippen LogP contribution in [0.4, 0.5) is 0 Å². The monoisotopic (exact) mass is 386 g/mol. The van der Waals surface area contributed by atoms with Crippen LogP contribution in [0.25, 0.3) is 0 Å². The van der Waals surface area contributed by atoms with Crippen LogP contribution in [-0.2, 0) is 12.2 Å². The SMILES string of the molecule is CC.CC.CC.OC1(c2ccc(OCc3ccccc3)cc2)CCCCCC1. The van der Waals surface area contributed by atoms with Crippen LogP contribution in [0.15, 0.2) is 54.6 Å². The largest absolute Gasteiger partial charge is 0.489 e. The topological polar surface area (TPSA) is 29.5 Å². The van der Waals surface area contributed by atoms with Crippen LogP contribution < -0.4 is 4.74 Å². The van der Waals surface area contributed by atoms with Gasteiger partial charge in [-0.3, -0.25) is 0 Å². The van der Waals surface area contributed by atoms with E-state index in [1.807, 2.05) is 84.0 Å². The van der Waals surface area contributed by atoms with E-state index in [0.29, 0.717) is 6.61 Å². The van der Waals surface area contributed by atoms with Crippen LogP contribution in [0.3, 0.4) is 0 Å². The van der Waals surface area contributed by atoms with E-state index in [9.17, 15) is 5.11 Å². The maximum atomic E-state index is 10.9. The minimum Gasteiger partial charge on any atom is -0.489 e. The van der Waals surface area contributed by atoms with Crippen molar-refractivity contribution >= 4 is 0 Å². The molecule has 0 bridgehead atoms. The van der Waals surface area contributed by atoms with Gasteiger partial charge in [0.15, 0.2) is 0 Å². The van der Waals surface area contributed by atoms with Crippen LogP contribution in [-0.4, -0.2) is 5.11 Å². The van der Waals surface area contributed by atoms with Gasteiger partial charge in [-0.15, -0.1) is 0 Å². The summed E-state index contributed by atoms with van der Waals surface area (Å²) in [4.78, 5) is 0. The van der Waals surface area contributed by atoms with Gasteiger partial charge in [0.1, 0.15) is 12.4 Å². The molecule has 0 heterocycles. The van der Waals surface area contributed by atoms with Gasteiger partial charge in [0.25, 0.3) is 0 Å². The number of benzene rings is 2. The first-order valence-corrected chi connectivity index (χ1v) is 11.3. The molecule has 0 unspecified atom stereocenters. The van der Waals surface area contributed by atoms with Crippen LogP contribution in [0, 0.1) is 0 Å². The summed E-state index contributed by atoms with van der Waals surface area (Å²) in [5, 5.41) is 10.9. The van der Waals surface area contributed by atoms with Crippen LogP contribution in [0.5, 0.6) is 5.75 Å². The Labute approximate surface area is 174 Å². The molecule has 0 radical (unpaired) electrons. The maximum absolute atomic E-state index is 10.9. The Morgan fingerprint density at radius 1 is 0.714 bits per heavy atom. The Bertz CT molecular complexity index is 567. The van der Waals surface area contributed by atoms with Crippen molar-refractivity contribution in [3.8, 4) is 5.75 Å². The minimum atomic E-state index is -0.644. The second-order valence-corrected chi connectivity index (χ2v) is 6.24. The van der Waals surface area contributed by atoms with E-state index in [0.717, 1.165) is 42.6 Å². The number of aliphatic hydroxyl groups is 1. The average Bonchev–Trinajstić information content (AvgIpc) is 3.03. The predicted octanol–water partition coefficient (Wildman–Crippen LogP) is 7.89. The highest BCUT2D eigenvalue weighted by molar-refractivity contribution is 5.31. The van der Waals surface area contributed by atoms with E-state index >= 15 is 0 Å². The third-order valence-corrected chi connectivity index (χ3v) is 4.57. The lowest BCUT2D eigenvalue weighted by molar-refractivity contribution is 0.0207. The second-order valence-electron chi connectivity index (χ2n) is 6.24. The van der Waals surface area contributed by atoms with Gasteiger partial charge in [0.05, 0.1) is 5.60 Å². The fraction of sp³-hybridized carbons (Fsp3) is 0.538. The summed E-state index contributed by atoms with van der Waals surface area (Å²) in [7, 11) is 0. The molecule has 0 spiro atoms. The van der Waals surface area contributed by atoms with E-state index in [2.05, 4.69) is 12.1 Å². The average molecular weight is 387 g/mol. The number of ether oxygens (including phenoxy) is 1. The van der Waals surface area contributed by atoms with Crippen molar-refractivity contribution in [1.82, 2.24) is 0 Å². The Balaban J connectivity index is 0.00000111. The molecule has 2 heteroatoms. The second kappa shape index (κ2) is 16.2. The van der Waals surface area contributed by atoms with Gasteiger partial charge in [-0.05, 0) is 36.1 Å². The van der Waals surface area contributed by atoms with E-state index in [1.165, 1.54) is 12.8 Å². The highest BCUT2D eigenvalue weighted by Crippen LogP contribution is 2.36. The Morgan fingerprint density at radius 3 is 1.71 bits per heavy atom. The quantitative estimate of drug-likeness (QED) is 0.541. The van der Waals surface area contributed by atoms with Crippen LogP contribution in [0.1, 0.15) is 91.2 Å². The predicted molar refractivity (Wildman–Crippen MR) is 123 cm³/mol. The van der Waals surface area contributed by atoms with Gasteiger partial charge >= 0.3 is 0 Å². The molecule has 0 aliphatic heterocycles. The summed E-state index contributed by atoms with van der Waals surface area (Å²) in [6, 6.07) is 18.1. The minimum absolute atomic E-state index is 0.574. The van der Waals surface area contributed by atoms with Gasteiger partial charge in [-0.25, -0.2) is 0 Å². The summed E-state index contributed by atoms with van der Waals surface area (Å²) in [5.41, 5.74) is 1.55. The Morgan fingerprint density at radius 2 is 1.21 bits per heavy atom. The molecule has 2 nitrogen and oxygen atoms in total. The molecule has 0 atom stereocenters. The lowest BCUT2D eigenvalue weighted by Crippen LogP contribution is -2.24. The molecule has 0 saturated heterocycles. The molecule has 1 aliphatic carbocycles. The third kappa shape index (κ3) is 8.93. The Kier molecular flexibility index (Phi) is 15.1. The molecule has 0 amide bonds. The number of hydrogen-bond donors (Lipinski definition) is 1. The van der Waals surface area contributed by atoms with E-state index in [-0.39, 0.29) is 0 Å². The molecular weight excluding hydrogens is 344 g/mol. The fourth-order valence-electron chi connectivity index (χ4n) is 3.20. The highest BCUT2D eigenvalue weighted by Gasteiger charge is 2.29. The maximum Gasteiger partial charge on any atom is 0.119 e. The first-order valence-electron chi connectivity index (χ1n) is 11.3. The van der Waals surface area contributed by atoms with E-state index in [1.54, 1.807) is 0 Å². The van der Waals surface area contributed by atoms with Gasteiger partial charge < -0.3 is 9.84 Å². The Hall–Kier alpha value is -1.80. The van der Waals surface area contributed by atoms with E-state index in [4.69, 9.17) is 4.74 Å². The third-order valence-electron chi connectivity index (χ3n) is 4.57. The summed E-state index contributed by atoms with van der Waals surface area (Å²) in [6.45, 7) is 12.6. The van der Waals surface area contributed by atoms with Gasteiger partial charge in [0, 0.05) is 0 Å². The number of rotatable bonds is 4. The number of hydrogen-bond acceptors (Lipinski definition) is 2. The molecule has 1 fully saturated rings. The molecule has 1 saturated carbocycles. The molecule has 0 aromatic heterocycles. The first kappa shape index (κ1) is 26.2. The fourth-order valence-corrected chi connectivity index (χ4v) is 3.20. The summed E-state index contributed by atoms with van der Waals surface area (Å²) < 4.78 is 5.81. The lowest BCUT2D eigenvalue weighted by atomic mass is 9.86. The zero-order chi connectivity index (χ0) is 21.3. The molecule has 1 aliphatic rings.